The number of carbonyl (C=O) groups is 1. The lowest BCUT2D eigenvalue weighted by Crippen LogP contribution is -2.60. The minimum atomic E-state index is -0.421. The Hall–Kier alpha value is -2.09. The fraction of sp³-hybridized carbons (Fsp3) is 0.520. The monoisotopic (exact) mass is 532 g/mol. The first kappa shape index (κ1) is 23.3. The molecule has 0 saturated heterocycles. The maximum Gasteiger partial charge on any atom is 0.242 e. The van der Waals surface area contributed by atoms with Gasteiger partial charge in [0.25, 0.3) is 0 Å². The molecule has 10 heteroatoms. The highest BCUT2D eigenvalue weighted by Crippen LogP contribution is 2.64. The minimum Gasteiger partial charge on any atom is -0.322 e. The smallest absolute Gasteiger partial charge is 0.242 e. The number of benzene rings is 1. The second-order valence-electron chi connectivity index (χ2n) is 10.8. The van der Waals surface area contributed by atoms with E-state index in [2.05, 4.69) is 15.4 Å². The zero-order chi connectivity index (χ0) is 24.5. The molecule has 7 nitrogen and oxygen atoms in total. The van der Waals surface area contributed by atoms with Crippen molar-refractivity contribution in [1.82, 2.24) is 24.5 Å². The largest absolute Gasteiger partial charge is 0.322 e. The van der Waals surface area contributed by atoms with Crippen LogP contribution in [0.25, 0.3) is 0 Å². The molecule has 4 saturated carbocycles. The van der Waals surface area contributed by atoms with E-state index in [-0.39, 0.29) is 16.7 Å². The summed E-state index contributed by atoms with van der Waals surface area (Å²) in [7, 11) is 0. The number of carbonyl (C=O) groups excluding carboxylic acids is 1. The predicted molar refractivity (Wildman–Crippen MR) is 136 cm³/mol. The van der Waals surface area contributed by atoms with E-state index in [4.69, 9.17) is 39.9 Å². The lowest BCUT2D eigenvalue weighted by Gasteiger charge is -2.60. The first-order chi connectivity index (χ1) is 16.7. The number of hydrogen-bond acceptors (Lipinski definition) is 4. The van der Waals surface area contributed by atoms with Gasteiger partial charge in [-0.3, -0.25) is 9.48 Å². The van der Waals surface area contributed by atoms with Crippen molar-refractivity contribution < 1.29 is 4.79 Å². The van der Waals surface area contributed by atoms with Gasteiger partial charge in [-0.1, -0.05) is 29.3 Å². The highest BCUT2D eigenvalue weighted by Gasteiger charge is 2.61. The fourth-order valence-electron chi connectivity index (χ4n) is 7.33. The predicted octanol–water partition coefficient (Wildman–Crippen LogP) is 6.03. The van der Waals surface area contributed by atoms with Crippen LogP contribution in [0.1, 0.15) is 55.5 Å². The first-order valence-corrected chi connectivity index (χ1v) is 13.2. The molecule has 0 spiro atoms. The summed E-state index contributed by atoms with van der Waals surface area (Å²) in [5.74, 6) is 1.11. The van der Waals surface area contributed by atoms with Crippen LogP contribution < -0.4 is 5.32 Å². The third-order valence-corrected chi connectivity index (χ3v) is 9.33. The third-order valence-electron chi connectivity index (χ3n) is 8.45. The van der Waals surface area contributed by atoms with Crippen molar-refractivity contribution in [3.63, 3.8) is 0 Å². The van der Waals surface area contributed by atoms with Gasteiger partial charge >= 0.3 is 0 Å². The van der Waals surface area contributed by atoms with Gasteiger partial charge in [-0.25, -0.2) is 9.67 Å². The van der Waals surface area contributed by atoms with Crippen LogP contribution in [0.2, 0.25) is 15.3 Å². The molecular weight excluding hydrogens is 507 g/mol. The molecule has 4 aliphatic carbocycles. The minimum absolute atomic E-state index is 0.0868. The average Bonchev–Trinajstić information content (AvgIpc) is 3.34. The van der Waals surface area contributed by atoms with Crippen molar-refractivity contribution in [3.05, 3.63) is 56.8 Å². The van der Waals surface area contributed by atoms with Crippen molar-refractivity contribution in [2.24, 2.45) is 17.3 Å². The average molecular weight is 534 g/mol. The normalized spacial score (nSPS) is 29.1. The number of anilines is 1. The van der Waals surface area contributed by atoms with Gasteiger partial charge in [-0.05, 0) is 87.9 Å². The molecule has 1 amide bonds. The maximum atomic E-state index is 14.0. The summed E-state index contributed by atoms with van der Waals surface area (Å²) in [5.41, 5.74) is 2.64. The first-order valence-electron chi connectivity index (χ1n) is 12.0. The molecule has 35 heavy (non-hydrogen) atoms. The van der Waals surface area contributed by atoms with Gasteiger partial charge in [0.2, 0.25) is 11.2 Å². The Morgan fingerprint density at radius 2 is 1.77 bits per heavy atom. The van der Waals surface area contributed by atoms with Crippen molar-refractivity contribution in [2.75, 3.05) is 5.32 Å². The molecule has 0 aliphatic heterocycles. The van der Waals surface area contributed by atoms with Gasteiger partial charge in [0.05, 0.1) is 34.6 Å². The van der Waals surface area contributed by atoms with Gasteiger partial charge in [-0.15, -0.1) is 5.10 Å². The van der Waals surface area contributed by atoms with Crippen molar-refractivity contribution in [1.29, 1.82) is 0 Å². The van der Waals surface area contributed by atoms with Crippen LogP contribution in [0.5, 0.6) is 0 Å². The summed E-state index contributed by atoms with van der Waals surface area (Å²) >= 11 is 18.8. The number of aryl methyl sites for hydroxylation is 1. The summed E-state index contributed by atoms with van der Waals surface area (Å²) in [4.78, 5) is 18.1. The third kappa shape index (κ3) is 3.78. The zero-order valence-corrected chi connectivity index (χ0v) is 22.0. The molecule has 4 fully saturated rings. The van der Waals surface area contributed by atoms with Crippen LogP contribution in [-0.4, -0.2) is 30.5 Å². The van der Waals surface area contributed by atoms with Crippen LogP contribution in [0.4, 0.5) is 5.69 Å². The number of nitrogens with one attached hydrogen (secondary N) is 1. The van der Waals surface area contributed by atoms with Crippen LogP contribution in [-0.2, 0) is 16.9 Å². The second-order valence-corrected chi connectivity index (χ2v) is 11.9. The topological polar surface area (TPSA) is 77.6 Å². The Bertz CT molecular complexity index is 1300. The molecule has 2 unspecified atom stereocenters. The van der Waals surface area contributed by atoms with E-state index in [0.717, 1.165) is 54.7 Å². The Balaban J connectivity index is 1.28. The lowest BCUT2D eigenvalue weighted by atomic mass is 9.46. The van der Waals surface area contributed by atoms with Gasteiger partial charge in [0, 0.05) is 15.6 Å². The lowest BCUT2D eigenvalue weighted by molar-refractivity contribution is -0.150. The molecule has 0 radical (unpaired) electrons. The molecule has 2 atom stereocenters. The van der Waals surface area contributed by atoms with E-state index in [1.54, 1.807) is 6.33 Å². The SMILES string of the molecule is Cc1nn(Cc2c(Cl)cccc2Cl)c(C)c1NC(=O)C12CC3CC(C1)CC(n1cnc(Cl)n1)(C3)C2. The molecule has 2 heterocycles. The fourth-order valence-corrected chi connectivity index (χ4v) is 7.97. The molecule has 4 bridgehead atoms. The molecule has 4 aliphatic rings. The zero-order valence-electron chi connectivity index (χ0n) is 19.7. The summed E-state index contributed by atoms with van der Waals surface area (Å²) in [6.07, 6.45) is 7.59. The second kappa shape index (κ2) is 8.22. The molecule has 1 N–H and O–H groups in total. The molecule has 3 aromatic rings. The van der Waals surface area contributed by atoms with Gasteiger partial charge in [-0.2, -0.15) is 5.10 Å². The standard InChI is InChI=1S/C25H27Cl3N6O/c1-14-21(15(2)33(31-14)11-18-19(26)4-3-5-20(18)27)30-22(35)24-7-16-6-17(8-24)10-25(9-16,12-24)34-13-29-23(28)32-34/h3-5,13,16-17H,6-12H2,1-2H3,(H,30,35). The summed E-state index contributed by atoms with van der Waals surface area (Å²) in [5, 5.41) is 13.9. The number of amides is 1. The quantitative estimate of drug-likeness (QED) is 0.434. The Morgan fingerprint density at radius 3 is 2.40 bits per heavy atom. The van der Waals surface area contributed by atoms with Gasteiger partial charge < -0.3 is 5.32 Å². The van der Waals surface area contributed by atoms with Gasteiger partial charge in [0.1, 0.15) is 6.33 Å². The molecule has 2 aromatic heterocycles. The van der Waals surface area contributed by atoms with Crippen LogP contribution in [0, 0.1) is 31.1 Å². The van der Waals surface area contributed by atoms with Crippen LogP contribution >= 0.6 is 34.8 Å². The summed E-state index contributed by atoms with van der Waals surface area (Å²) < 4.78 is 3.80. The van der Waals surface area contributed by atoms with Crippen molar-refractivity contribution >= 4 is 46.4 Å². The Morgan fingerprint density at radius 1 is 1.09 bits per heavy atom. The molecule has 7 rings (SSSR count). The molecule has 184 valence electrons. The van der Waals surface area contributed by atoms with E-state index >= 15 is 0 Å². The highest BCUT2D eigenvalue weighted by atomic mass is 35.5. The van der Waals surface area contributed by atoms with Gasteiger partial charge in [0.15, 0.2) is 0 Å². The molecular formula is C25H27Cl3N6O. The number of aromatic nitrogens is 5. The van der Waals surface area contributed by atoms with Crippen molar-refractivity contribution in [2.45, 2.75) is 64.5 Å². The number of hydrogen-bond donors (Lipinski definition) is 1. The Labute approximate surface area is 219 Å². The van der Waals surface area contributed by atoms with E-state index in [9.17, 15) is 4.79 Å². The van der Waals surface area contributed by atoms with E-state index < -0.39 is 5.41 Å². The van der Waals surface area contributed by atoms with E-state index in [1.165, 1.54) is 6.42 Å². The number of rotatable bonds is 5. The summed E-state index contributed by atoms with van der Waals surface area (Å²) in [6, 6.07) is 5.47. The van der Waals surface area contributed by atoms with Crippen LogP contribution in [0.3, 0.4) is 0 Å². The van der Waals surface area contributed by atoms with Crippen molar-refractivity contribution in [3.8, 4) is 0 Å². The summed E-state index contributed by atoms with van der Waals surface area (Å²) in [6.45, 7) is 4.33. The van der Waals surface area contributed by atoms with Crippen LogP contribution in [0.15, 0.2) is 24.5 Å². The number of halogens is 3. The maximum absolute atomic E-state index is 14.0. The Kier molecular flexibility index (Phi) is 5.47. The number of nitrogens with zero attached hydrogens (tertiary/aromatic N) is 5. The van der Waals surface area contributed by atoms with E-state index in [0.29, 0.717) is 28.4 Å². The highest BCUT2D eigenvalue weighted by molar-refractivity contribution is 6.36. The van der Waals surface area contributed by atoms with E-state index in [1.807, 2.05) is 41.4 Å². The molecule has 1 aromatic carbocycles.